The van der Waals surface area contributed by atoms with Gasteiger partial charge in [0.1, 0.15) is 0 Å². The first kappa shape index (κ1) is 17.6. The molecule has 1 aliphatic heterocycles. The Morgan fingerprint density at radius 3 is 2.60 bits per heavy atom. The van der Waals surface area contributed by atoms with Crippen LogP contribution < -0.4 is 5.32 Å². The third kappa shape index (κ3) is 5.41. The zero-order chi connectivity index (χ0) is 17.5. The van der Waals surface area contributed by atoms with Gasteiger partial charge in [0.15, 0.2) is 0 Å². The molecule has 1 amide bonds. The zero-order valence-electron chi connectivity index (χ0n) is 14.8. The molecule has 25 heavy (non-hydrogen) atoms. The van der Waals surface area contributed by atoms with Crippen molar-refractivity contribution in [3.63, 3.8) is 0 Å². The van der Waals surface area contributed by atoms with Gasteiger partial charge in [-0.05, 0) is 29.7 Å². The van der Waals surface area contributed by atoms with Crippen LogP contribution in [-0.4, -0.2) is 36.6 Å². The predicted molar refractivity (Wildman–Crippen MR) is 101 cm³/mol. The molecule has 1 fully saturated rings. The molecule has 0 spiro atoms. The van der Waals surface area contributed by atoms with E-state index in [0.717, 1.165) is 31.7 Å². The van der Waals surface area contributed by atoms with Gasteiger partial charge in [0.2, 0.25) is 5.91 Å². The fraction of sp³-hybridized carbons (Fsp3) is 0.381. The van der Waals surface area contributed by atoms with E-state index >= 15 is 0 Å². The monoisotopic (exact) mass is 338 g/mol. The van der Waals surface area contributed by atoms with Gasteiger partial charge in [-0.2, -0.15) is 0 Å². The first-order valence-electron chi connectivity index (χ1n) is 8.99. The van der Waals surface area contributed by atoms with Crippen molar-refractivity contribution in [1.29, 1.82) is 0 Å². The predicted octanol–water partition coefficient (Wildman–Crippen LogP) is 3.48. The minimum atomic E-state index is -0.0487. The summed E-state index contributed by atoms with van der Waals surface area (Å²) < 4.78 is 5.79. The number of carbonyl (C=O) groups is 1. The Labute approximate surface area is 149 Å². The number of rotatable bonds is 6. The molecule has 1 heterocycles. The Balaban J connectivity index is 1.48. The van der Waals surface area contributed by atoms with Crippen LogP contribution in [-0.2, 0) is 22.5 Å². The van der Waals surface area contributed by atoms with Crippen LogP contribution in [0.3, 0.4) is 0 Å². The molecule has 2 aromatic carbocycles. The van der Waals surface area contributed by atoms with Crippen LogP contribution >= 0.6 is 0 Å². The van der Waals surface area contributed by atoms with E-state index in [1.165, 1.54) is 11.1 Å². The smallest absolute Gasteiger partial charge is 0.227 e. The number of carbonyl (C=O) groups excluding carboxylic acids is 1. The molecule has 0 radical (unpaired) electrons. The van der Waals surface area contributed by atoms with Crippen molar-refractivity contribution in [3.8, 4) is 0 Å². The SMILES string of the molecule is CCc1ccc(NC(=O)C[C@@H]2CN(Cc3ccccc3)CCO2)cc1. The van der Waals surface area contributed by atoms with E-state index in [1.54, 1.807) is 0 Å². The van der Waals surface area contributed by atoms with E-state index in [-0.39, 0.29) is 12.0 Å². The zero-order valence-corrected chi connectivity index (χ0v) is 14.8. The molecule has 1 N–H and O–H groups in total. The first-order valence-corrected chi connectivity index (χ1v) is 8.99. The number of amides is 1. The van der Waals surface area contributed by atoms with E-state index < -0.39 is 0 Å². The summed E-state index contributed by atoms with van der Waals surface area (Å²) in [4.78, 5) is 14.6. The summed E-state index contributed by atoms with van der Waals surface area (Å²) >= 11 is 0. The molecule has 0 saturated carbocycles. The first-order chi connectivity index (χ1) is 12.2. The molecular weight excluding hydrogens is 312 g/mol. The lowest BCUT2D eigenvalue weighted by Gasteiger charge is -2.32. The standard InChI is InChI=1S/C21H26N2O2/c1-2-17-8-10-19(11-9-17)22-21(24)14-20-16-23(12-13-25-20)15-18-6-4-3-5-7-18/h3-11,20H,2,12-16H2,1H3,(H,22,24)/t20-/m1/s1. The van der Waals surface area contributed by atoms with Crippen molar-refractivity contribution in [1.82, 2.24) is 4.90 Å². The van der Waals surface area contributed by atoms with E-state index in [2.05, 4.69) is 41.4 Å². The Hall–Kier alpha value is -2.17. The maximum Gasteiger partial charge on any atom is 0.227 e. The van der Waals surface area contributed by atoms with Crippen molar-refractivity contribution in [2.75, 3.05) is 25.0 Å². The number of nitrogens with one attached hydrogen (secondary N) is 1. The van der Waals surface area contributed by atoms with Crippen molar-refractivity contribution < 1.29 is 9.53 Å². The number of morpholine rings is 1. The summed E-state index contributed by atoms with van der Waals surface area (Å²) in [7, 11) is 0. The third-order valence-corrected chi connectivity index (χ3v) is 4.53. The van der Waals surface area contributed by atoms with Crippen molar-refractivity contribution in [2.45, 2.75) is 32.4 Å². The van der Waals surface area contributed by atoms with Crippen LogP contribution in [0, 0.1) is 0 Å². The van der Waals surface area contributed by atoms with E-state index in [4.69, 9.17) is 4.74 Å². The van der Waals surface area contributed by atoms with Gasteiger partial charge >= 0.3 is 0 Å². The van der Waals surface area contributed by atoms with Crippen molar-refractivity contribution >= 4 is 11.6 Å². The van der Waals surface area contributed by atoms with Gasteiger partial charge in [-0.3, -0.25) is 9.69 Å². The van der Waals surface area contributed by atoms with E-state index in [9.17, 15) is 4.79 Å². The van der Waals surface area contributed by atoms with Crippen molar-refractivity contribution in [2.24, 2.45) is 0 Å². The van der Waals surface area contributed by atoms with Crippen LogP contribution in [0.2, 0.25) is 0 Å². The van der Waals surface area contributed by atoms with Crippen LogP contribution in [0.5, 0.6) is 0 Å². The average molecular weight is 338 g/mol. The number of aryl methyl sites for hydroxylation is 1. The molecular formula is C21H26N2O2. The normalized spacial score (nSPS) is 18.0. The number of benzene rings is 2. The van der Waals surface area contributed by atoms with Crippen LogP contribution in [0.25, 0.3) is 0 Å². The van der Waals surface area contributed by atoms with E-state index in [0.29, 0.717) is 13.0 Å². The molecule has 1 atom stereocenters. The van der Waals surface area contributed by atoms with Crippen LogP contribution in [0.4, 0.5) is 5.69 Å². The van der Waals surface area contributed by atoms with Gasteiger partial charge in [-0.15, -0.1) is 0 Å². The summed E-state index contributed by atoms with van der Waals surface area (Å²) in [6.45, 7) is 5.40. The fourth-order valence-electron chi connectivity index (χ4n) is 3.13. The van der Waals surface area contributed by atoms with E-state index in [1.807, 2.05) is 30.3 Å². The summed E-state index contributed by atoms with van der Waals surface area (Å²) in [6.07, 6.45) is 1.34. The average Bonchev–Trinajstić information content (AvgIpc) is 2.63. The summed E-state index contributed by atoms with van der Waals surface area (Å²) in [5, 5.41) is 2.97. The molecule has 4 heteroatoms. The molecule has 4 nitrogen and oxygen atoms in total. The topological polar surface area (TPSA) is 41.6 Å². The van der Waals surface area contributed by atoms with Gasteiger partial charge in [0.05, 0.1) is 19.1 Å². The second kappa shape index (κ2) is 8.79. The fourth-order valence-corrected chi connectivity index (χ4v) is 3.13. The van der Waals surface area contributed by atoms with Gasteiger partial charge < -0.3 is 10.1 Å². The quantitative estimate of drug-likeness (QED) is 0.877. The highest BCUT2D eigenvalue weighted by molar-refractivity contribution is 5.91. The van der Waals surface area contributed by atoms with Crippen LogP contribution in [0.15, 0.2) is 54.6 Å². The lowest BCUT2D eigenvalue weighted by molar-refractivity contribution is -0.121. The number of hydrogen-bond acceptors (Lipinski definition) is 3. The minimum Gasteiger partial charge on any atom is -0.375 e. The summed E-state index contributed by atoms with van der Waals surface area (Å²) in [6, 6.07) is 18.4. The number of hydrogen-bond donors (Lipinski definition) is 1. The number of ether oxygens (including phenoxy) is 1. The van der Waals surface area contributed by atoms with Gasteiger partial charge in [0.25, 0.3) is 0 Å². The number of anilines is 1. The van der Waals surface area contributed by atoms with Gasteiger partial charge in [-0.1, -0.05) is 49.4 Å². The van der Waals surface area contributed by atoms with Gasteiger partial charge in [-0.25, -0.2) is 0 Å². The highest BCUT2D eigenvalue weighted by Gasteiger charge is 2.23. The molecule has 1 saturated heterocycles. The molecule has 0 aliphatic carbocycles. The molecule has 3 rings (SSSR count). The Morgan fingerprint density at radius 1 is 1.12 bits per heavy atom. The third-order valence-electron chi connectivity index (χ3n) is 4.53. The molecule has 0 aromatic heterocycles. The molecule has 2 aromatic rings. The minimum absolute atomic E-state index is 0.0100. The highest BCUT2D eigenvalue weighted by atomic mass is 16.5. The Morgan fingerprint density at radius 2 is 1.88 bits per heavy atom. The maximum absolute atomic E-state index is 12.3. The largest absolute Gasteiger partial charge is 0.375 e. The molecule has 1 aliphatic rings. The molecule has 0 unspecified atom stereocenters. The number of nitrogens with zero attached hydrogens (tertiary/aromatic N) is 1. The molecule has 0 bridgehead atoms. The second-order valence-corrected chi connectivity index (χ2v) is 6.52. The maximum atomic E-state index is 12.3. The summed E-state index contributed by atoms with van der Waals surface area (Å²) in [5.41, 5.74) is 3.41. The van der Waals surface area contributed by atoms with Crippen LogP contribution in [0.1, 0.15) is 24.5 Å². The Kier molecular flexibility index (Phi) is 6.20. The van der Waals surface area contributed by atoms with Crippen molar-refractivity contribution in [3.05, 3.63) is 65.7 Å². The van der Waals surface area contributed by atoms with Gasteiger partial charge in [0, 0.05) is 25.3 Å². The lowest BCUT2D eigenvalue weighted by atomic mass is 10.1. The Bertz CT molecular complexity index is 670. The summed E-state index contributed by atoms with van der Waals surface area (Å²) in [5.74, 6) is 0.0100. The second-order valence-electron chi connectivity index (χ2n) is 6.52. The molecule has 132 valence electrons. The lowest BCUT2D eigenvalue weighted by Crippen LogP contribution is -2.43. The highest BCUT2D eigenvalue weighted by Crippen LogP contribution is 2.15.